The van der Waals surface area contributed by atoms with Crippen molar-refractivity contribution in [3.63, 3.8) is 0 Å². The quantitative estimate of drug-likeness (QED) is 0.0893. The van der Waals surface area contributed by atoms with Gasteiger partial charge in [-0.05, 0) is 72.2 Å². The average Bonchev–Trinajstić information content (AvgIpc) is 3.77. The number of fused-ring (bicyclic) bond motifs is 3. The number of nitrogens with zero attached hydrogens (tertiary/aromatic N) is 2. The molecule has 265 valence electrons. The largest absolute Gasteiger partial charge is 0.512 e. The van der Waals surface area contributed by atoms with Crippen LogP contribution < -0.4 is 0 Å². The van der Waals surface area contributed by atoms with Crippen LogP contribution in [0.3, 0.4) is 0 Å². The molecule has 2 aromatic carbocycles. The van der Waals surface area contributed by atoms with Crippen LogP contribution >= 0.6 is 22.7 Å². The Morgan fingerprint density at radius 2 is 1.56 bits per heavy atom. The minimum absolute atomic E-state index is 0. The Balaban J connectivity index is 0.000000269. The van der Waals surface area contributed by atoms with E-state index in [1.165, 1.54) is 36.7 Å². The van der Waals surface area contributed by atoms with Crippen molar-refractivity contribution < 1.29 is 30.0 Å². The van der Waals surface area contributed by atoms with Gasteiger partial charge < -0.3 is 5.11 Å². The summed E-state index contributed by atoms with van der Waals surface area (Å²) in [5.41, 5.74) is 4.86. The molecule has 6 aromatic rings. The first-order valence-electron chi connectivity index (χ1n) is 17.4. The minimum Gasteiger partial charge on any atom is -0.512 e. The van der Waals surface area contributed by atoms with Crippen LogP contribution in [0.1, 0.15) is 93.6 Å². The monoisotopic (exact) mass is 882 g/mol. The molecule has 0 atom stereocenters. The zero-order chi connectivity index (χ0) is 35.6. The number of aliphatic hydroxyl groups is 1. The van der Waals surface area contributed by atoms with Gasteiger partial charge in [0.05, 0.1) is 20.8 Å². The van der Waals surface area contributed by atoms with E-state index < -0.39 is 0 Å². The number of rotatable bonds is 9. The number of allylic oxidation sites excluding steroid dienone is 2. The molecule has 0 saturated carbocycles. The van der Waals surface area contributed by atoms with E-state index >= 15 is 0 Å². The second-order valence-corrected chi connectivity index (χ2v) is 16.5. The van der Waals surface area contributed by atoms with E-state index in [1.807, 2.05) is 47.7 Å². The third kappa shape index (κ3) is 8.12. The number of hydrogen-bond acceptors (Lipinski definition) is 6. The minimum atomic E-state index is -0.337. The van der Waals surface area contributed by atoms with E-state index in [-0.39, 0.29) is 47.9 Å². The molecule has 7 heteroatoms. The molecule has 0 aliphatic heterocycles. The SMILES string of the molecule is CC(C)(C)c1cc(-c2nccc3cc(-c4ccc5sccc5n4)sc23)[c-]c2ccccc12.CCC(C)(CC)C(=O)/C=C(\O)C(C)(CC)CC.[Ir]. The van der Waals surface area contributed by atoms with Crippen LogP contribution in [-0.4, -0.2) is 20.9 Å². The number of pyridine rings is 2. The van der Waals surface area contributed by atoms with Crippen LogP contribution in [0.5, 0.6) is 0 Å². The number of carbonyl (C=O) groups excluding carboxylic acids is 1. The van der Waals surface area contributed by atoms with Gasteiger partial charge in [-0.25, -0.2) is 4.98 Å². The molecule has 0 saturated heterocycles. The molecule has 6 rings (SSSR count). The standard InChI is InChI=1S/C28H21N2S2.C15H28O2.Ir/c1-28(2,3)21-15-19(14-17-6-4-5-7-20(17)21)26-27-18(10-12-29-26)16-25(32-27)22-8-9-24-23(30-22)11-13-31-24;1-7-14(5,8-2)12(16)11-13(17)15(6,9-3)10-4;/h4-13,15-16H,1-3H3;11,16H,7-10H2,1-6H3;/q-1;;/b;12-11-;. The molecular formula is C43H49IrN2O2S2-. The maximum atomic E-state index is 12.2. The zero-order valence-corrected chi connectivity index (χ0v) is 34.8. The molecule has 0 aliphatic carbocycles. The van der Waals surface area contributed by atoms with Crippen molar-refractivity contribution in [3.8, 4) is 21.8 Å². The summed E-state index contributed by atoms with van der Waals surface area (Å²) < 4.78 is 2.40. The molecular weight excluding hydrogens is 833 g/mol. The summed E-state index contributed by atoms with van der Waals surface area (Å²) in [7, 11) is 0. The topological polar surface area (TPSA) is 63.1 Å². The first kappa shape index (κ1) is 39.6. The van der Waals surface area contributed by atoms with Gasteiger partial charge in [-0.2, -0.15) is 0 Å². The Hall–Kier alpha value is -3.22. The van der Waals surface area contributed by atoms with E-state index in [1.54, 1.807) is 22.7 Å². The molecule has 0 unspecified atom stereocenters. The van der Waals surface area contributed by atoms with Crippen molar-refractivity contribution >= 4 is 59.5 Å². The van der Waals surface area contributed by atoms with Crippen LogP contribution in [0.15, 0.2) is 84.1 Å². The van der Waals surface area contributed by atoms with Gasteiger partial charge in [0.15, 0.2) is 5.78 Å². The summed E-state index contributed by atoms with van der Waals surface area (Å²) in [6, 6.07) is 25.1. The van der Waals surface area contributed by atoms with Crippen molar-refractivity contribution in [1.82, 2.24) is 9.97 Å². The summed E-state index contributed by atoms with van der Waals surface area (Å²) in [6.45, 7) is 18.9. The third-order valence-corrected chi connectivity index (χ3v) is 12.5. The van der Waals surface area contributed by atoms with Gasteiger partial charge in [0.1, 0.15) is 5.76 Å². The Kier molecular flexibility index (Phi) is 12.6. The van der Waals surface area contributed by atoms with E-state index in [4.69, 9.17) is 9.97 Å². The molecule has 1 radical (unpaired) electrons. The Bertz CT molecular complexity index is 2130. The van der Waals surface area contributed by atoms with Crippen molar-refractivity contribution in [2.24, 2.45) is 10.8 Å². The summed E-state index contributed by atoms with van der Waals surface area (Å²) in [4.78, 5) is 23.0. The number of benzene rings is 2. The van der Waals surface area contributed by atoms with Crippen molar-refractivity contribution in [2.45, 2.75) is 93.4 Å². The maximum Gasteiger partial charge on any atom is 0.164 e. The van der Waals surface area contributed by atoms with Gasteiger partial charge >= 0.3 is 0 Å². The van der Waals surface area contributed by atoms with Crippen molar-refractivity contribution in [2.75, 3.05) is 0 Å². The fourth-order valence-electron chi connectivity index (χ4n) is 5.93. The van der Waals surface area contributed by atoms with Gasteiger partial charge in [0.2, 0.25) is 0 Å². The Morgan fingerprint density at radius 3 is 2.22 bits per heavy atom. The summed E-state index contributed by atoms with van der Waals surface area (Å²) in [6.07, 6.45) is 6.66. The molecule has 0 spiro atoms. The summed E-state index contributed by atoms with van der Waals surface area (Å²) in [5.74, 6) is 0.286. The first-order valence-corrected chi connectivity index (χ1v) is 19.1. The number of aliphatic hydroxyl groups excluding tert-OH is 1. The molecule has 0 bridgehead atoms. The van der Waals surface area contributed by atoms with Crippen molar-refractivity contribution in [3.05, 3.63) is 95.7 Å². The second kappa shape index (κ2) is 16.0. The molecule has 4 heterocycles. The van der Waals surface area contributed by atoms with E-state index in [0.717, 1.165) is 53.5 Å². The fourth-order valence-corrected chi connectivity index (χ4v) is 7.79. The predicted molar refractivity (Wildman–Crippen MR) is 212 cm³/mol. The third-order valence-electron chi connectivity index (χ3n) is 10.4. The summed E-state index contributed by atoms with van der Waals surface area (Å²) in [5, 5.41) is 15.8. The number of thiophene rings is 2. The van der Waals surface area contributed by atoms with E-state index in [0.29, 0.717) is 0 Å². The Morgan fingerprint density at radius 1 is 0.880 bits per heavy atom. The average molecular weight is 882 g/mol. The van der Waals surface area contributed by atoms with E-state index in [9.17, 15) is 9.90 Å². The fraction of sp³-hybridized carbons (Fsp3) is 0.372. The van der Waals surface area contributed by atoms with Crippen LogP contribution in [0, 0.1) is 16.9 Å². The number of hydrogen-bond donors (Lipinski definition) is 1. The molecule has 4 nitrogen and oxygen atoms in total. The number of aromatic nitrogens is 2. The van der Waals surface area contributed by atoms with Crippen LogP contribution in [0.2, 0.25) is 0 Å². The molecule has 4 aromatic heterocycles. The van der Waals surface area contributed by atoms with Gasteiger partial charge in [-0.3, -0.25) is 9.78 Å². The van der Waals surface area contributed by atoms with Gasteiger partial charge in [0.25, 0.3) is 0 Å². The molecule has 0 aliphatic rings. The van der Waals surface area contributed by atoms with Gasteiger partial charge in [-0.1, -0.05) is 91.5 Å². The Labute approximate surface area is 319 Å². The van der Waals surface area contributed by atoms with E-state index in [2.05, 4.69) is 92.9 Å². The summed E-state index contributed by atoms with van der Waals surface area (Å²) >= 11 is 3.49. The van der Waals surface area contributed by atoms with Crippen molar-refractivity contribution in [1.29, 1.82) is 0 Å². The molecule has 1 N–H and O–H groups in total. The van der Waals surface area contributed by atoms with Crippen LogP contribution in [0.4, 0.5) is 0 Å². The number of carbonyl (C=O) groups is 1. The molecule has 0 fully saturated rings. The number of ketones is 1. The zero-order valence-electron chi connectivity index (χ0n) is 30.7. The maximum absolute atomic E-state index is 12.2. The van der Waals surface area contributed by atoms with Gasteiger partial charge in [0, 0.05) is 53.6 Å². The predicted octanol–water partition coefficient (Wildman–Crippen LogP) is 13.1. The normalized spacial score (nSPS) is 12.5. The van der Waals surface area contributed by atoms with Crippen LogP contribution in [0.25, 0.3) is 52.9 Å². The smallest absolute Gasteiger partial charge is 0.164 e. The van der Waals surface area contributed by atoms with Gasteiger partial charge in [-0.15, -0.1) is 51.8 Å². The second-order valence-electron chi connectivity index (χ2n) is 14.5. The first-order chi connectivity index (χ1) is 23.3. The molecule has 0 amide bonds. The molecule has 50 heavy (non-hydrogen) atoms. The van der Waals surface area contributed by atoms with Crippen LogP contribution in [-0.2, 0) is 30.3 Å².